The molecule has 0 spiro atoms. The summed E-state index contributed by atoms with van der Waals surface area (Å²) in [7, 11) is 1.89. The van der Waals surface area contributed by atoms with Crippen LogP contribution in [0.5, 0.6) is 0 Å². The molecule has 0 saturated carbocycles. The molecule has 29 heavy (non-hydrogen) atoms. The zero-order valence-corrected chi connectivity index (χ0v) is 16.1. The molecule has 7 heteroatoms. The van der Waals surface area contributed by atoms with Crippen LogP contribution in [-0.2, 0) is 24.8 Å². The minimum absolute atomic E-state index is 0.0834. The molecule has 0 atom stereocenters. The number of hydrogen-bond donors (Lipinski definition) is 1. The lowest BCUT2D eigenvalue weighted by Crippen LogP contribution is -2.24. The van der Waals surface area contributed by atoms with Gasteiger partial charge in [-0.05, 0) is 23.3 Å². The van der Waals surface area contributed by atoms with Gasteiger partial charge in [0.15, 0.2) is 0 Å². The van der Waals surface area contributed by atoms with Crippen molar-refractivity contribution < 1.29 is 9.21 Å². The van der Waals surface area contributed by atoms with Crippen molar-refractivity contribution in [2.45, 2.75) is 19.4 Å². The smallest absolute Gasteiger partial charge is 0.247 e. The Hall–Kier alpha value is -3.74. The SMILES string of the molecule is Cn1ccnc1CNC(=O)CCc1nnc(-c2ccc(-c3ccccc3)cc2)o1. The Kier molecular flexibility index (Phi) is 5.47. The van der Waals surface area contributed by atoms with Crippen molar-refractivity contribution in [2.75, 3.05) is 0 Å². The fourth-order valence-corrected chi connectivity index (χ4v) is 2.96. The molecule has 2 aromatic heterocycles. The molecule has 4 aromatic rings. The molecule has 0 aliphatic heterocycles. The van der Waals surface area contributed by atoms with Crippen LogP contribution in [0.4, 0.5) is 0 Å². The summed E-state index contributed by atoms with van der Waals surface area (Å²) in [5.74, 6) is 1.62. The van der Waals surface area contributed by atoms with E-state index in [1.165, 1.54) is 0 Å². The van der Waals surface area contributed by atoms with Crippen LogP contribution in [0.15, 0.2) is 71.4 Å². The molecule has 4 rings (SSSR count). The van der Waals surface area contributed by atoms with Crippen LogP contribution in [0.2, 0.25) is 0 Å². The molecule has 7 nitrogen and oxygen atoms in total. The largest absolute Gasteiger partial charge is 0.421 e. The number of rotatable bonds is 7. The zero-order valence-electron chi connectivity index (χ0n) is 16.1. The van der Waals surface area contributed by atoms with E-state index in [1.54, 1.807) is 6.20 Å². The van der Waals surface area contributed by atoms with Crippen molar-refractivity contribution in [3.05, 3.63) is 78.7 Å². The van der Waals surface area contributed by atoms with E-state index in [9.17, 15) is 4.79 Å². The van der Waals surface area contributed by atoms with Crippen molar-refractivity contribution in [1.82, 2.24) is 25.1 Å². The van der Waals surface area contributed by atoms with Crippen molar-refractivity contribution >= 4 is 5.91 Å². The highest BCUT2D eigenvalue weighted by molar-refractivity contribution is 5.75. The summed E-state index contributed by atoms with van der Waals surface area (Å²) in [4.78, 5) is 16.2. The van der Waals surface area contributed by atoms with E-state index in [0.717, 1.165) is 22.5 Å². The Morgan fingerprint density at radius 1 is 1.00 bits per heavy atom. The standard InChI is InChI=1S/C22H21N5O2/c1-27-14-13-23-19(27)15-24-20(28)11-12-21-25-26-22(29-21)18-9-7-17(8-10-18)16-5-3-2-4-6-16/h2-10,13-14H,11-12,15H2,1H3,(H,24,28). The van der Waals surface area contributed by atoms with Crippen molar-refractivity contribution in [2.24, 2.45) is 7.05 Å². The molecule has 146 valence electrons. The van der Waals surface area contributed by atoms with E-state index in [-0.39, 0.29) is 12.3 Å². The molecule has 1 N–H and O–H groups in total. The van der Waals surface area contributed by atoms with Crippen LogP contribution < -0.4 is 5.32 Å². The lowest BCUT2D eigenvalue weighted by molar-refractivity contribution is -0.121. The Bertz CT molecular complexity index is 1080. The van der Waals surface area contributed by atoms with E-state index in [0.29, 0.717) is 24.7 Å². The number of nitrogens with one attached hydrogen (secondary N) is 1. The number of imidazole rings is 1. The number of aromatic nitrogens is 4. The van der Waals surface area contributed by atoms with Gasteiger partial charge in [-0.3, -0.25) is 4.79 Å². The van der Waals surface area contributed by atoms with Gasteiger partial charge in [0.05, 0.1) is 6.54 Å². The van der Waals surface area contributed by atoms with Gasteiger partial charge >= 0.3 is 0 Å². The van der Waals surface area contributed by atoms with E-state index in [1.807, 2.05) is 60.3 Å². The quantitative estimate of drug-likeness (QED) is 0.525. The molecular formula is C22H21N5O2. The number of aryl methyl sites for hydroxylation is 2. The van der Waals surface area contributed by atoms with Crippen molar-refractivity contribution in [1.29, 1.82) is 0 Å². The summed E-state index contributed by atoms with van der Waals surface area (Å²) >= 11 is 0. The summed E-state index contributed by atoms with van der Waals surface area (Å²) in [6, 6.07) is 18.1. The molecule has 2 aromatic carbocycles. The average Bonchev–Trinajstić information content (AvgIpc) is 3.40. The summed E-state index contributed by atoms with van der Waals surface area (Å²) in [6.07, 6.45) is 4.21. The average molecular weight is 387 g/mol. The molecule has 0 bridgehead atoms. The maximum Gasteiger partial charge on any atom is 0.247 e. The molecule has 0 radical (unpaired) electrons. The molecule has 0 aliphatic rings. The lowest BCUT2D eigenvalue weighted by Gasteiger charge is -2.04. The van der Waals surface area contributed by atoms with Crippen LogP contribution >= 0.6 is 0 Å². The minimum atomic E-state index is -0.0834. The van der Waals surface area contributed by atoms with Crippen LogP contribution in [0.1, 0.15) is 18.1 Å². The highest BCUT2D eigenvalue weighted by atomic mass is 16.4. The summed E-state index contributed by atoms with van der Waals surface area (Å²) < 4.78 is 7.59. The third-order valence-corrected chi connectivity index (χ3v) is 4.64. The van der Waals surface area contributed by atoms with Gasteiger partial charge in [-0.1, -0.05) is 42.5 Å². The zero-order chi connectivity index (χ0) is 20.1. The van der Waals surface area contributed by atoms with Crippen LogP contribution in [-0.4, -0.2) is 25.7 Å². The van der Waals surface area contributed by atoms with Crippen molar-refractivity contribution in [3.63, 3.8) is 0 Å². The fraction of sp³-hybridized carbons (Fsp3) is 0.182. The van der Waals surface area contributed by atoms with E-state index in [4.69, 9.17) is 4.42 Å². The second kappa shape index (κ2) is 8.52. The Balaban J connectivity index is 1.32. The summed E-state index contributed by atoms with van der Waals surface area (Å²) in [5, 5.41) is 11.0. The van der Waals surface area contributed by atoms with Crippen molar-refractivity contribution in [3.8, 4) is 22.6 Å². The van der Waals surface area contributed by atoms with Gasteiger partial charge in [0, 0.05) is 37.8 Å². The topological polar surface area (TPSA) is 85.8 Å². The number of benzene rings is 2. The Morgan fingerprint density at radius 3 is 2.45 bits per heavy atom. The molecule has 1 amide bonds. The number of amides is 1. The van der Waals surface area contributed by atoms with E-state index < -0.39 is 0 Å². The van der Waals surface area contributed by atoms with E-state index in [2.05, 4.69) is 32.6 Å². The normalized spacial score (nSPS) is 10.8. The first-order valence-corrected chi connectivity index (χ1v) is 9.40. The summed E-state index contributed by atoms with van der Waals surface area (Å²) in [6.45, 7) is 0.394. The molecule has 0 saturated heterocycles. The molecule has 0 unspecified atom stereocenters. The fourth-order valence-electron chi connectivity index (χ4n) is 2.96. The number of nitrogens with zero attached hydrogens (tertiary/aromatic N) is 4. The predicted molar refractivity (Wildman–Crippen MR) is 109 cm³/mol. The van der Waals surface area contributed by atoms with Crippen LogP contribution in [0, 0.1) is 0 Å². The first-order chi connectivity index (χ1) is 14.2. The maximum atomic E-state index is 12.0. The highest BCUT2D eigenvalue weighted by Gasteiger charge is 2.11. The monoisotopic (exact) mass is 387 g/mol. The van der Waals surface area contributed by atoms with Crippen LogP contribution in [0.3, 0.4) is 0 Å². The first-order valence-electron chi connectivity index (χ1n) is 9.40. The highest BCUT2D eigenvalue weighted by Crippen LogP contribution is 2.24. The number of hydrogen-bond acceptors (Lipinski definition) is 5. The second-order valence-corrected chi connectivity index (χ2v) is 6.68. The summed E-state index contributed by atoms with van der Waals surface area (Å²) in [5.41, 5.74) is 3.13. The molecular weight excluding hydrogens is 366 g/mol. The van der Waals surface area contributed by atoms with Gasteiger partial charge in [0.2, 0.25) is 17.7 Å². The third-order valence-electron chi connectivity index (χ3n) is 4.64. The molecule has 0 aliphatic carbocycles. The minimum Gasteiger partial charge on any atom is -0.421 e. The third kappa shape index (κ3) is 4.57. The van der Waals surface area contributed by atoms with Gasteiger partial charge in [-0.15, -0.1) is 10.2 Å². The molecule has 2 heterocycles. The van der Waals surface area contributed by atoms with Crippen LogP contribution in [0.25, 0.3) is 22.6 Å². The first kappa shape index (κ1) is 18.6. The lowest BCUT2D eigenvalue weighted by atomic mass is 10.0. The van der Waals surface area contributed by atoms with Gasteiger partial charge in [0.25, 0.3) is 0 Å². The predicted octanol–water partition coefficient (Wildman–Crippen LogP) is 3.39. The maximum absolute atomic E-state index is 12.0. The van der Waals surface area contributed by atoms with Gasteiger partial charge in [-0.2, -0.15) is 0 Å². The number of carbonyl (C=O) groups is 1. The Labute approximate surface area is 168 Å². The van der Waals surface area contributed by atoms with Gasteiger partial charge < -0.3 is 14.3 Å². The van der Waals surface area contributed by atoms with E-state index >= 15 is 0 Å². The Morgan fingerprint density at radius 2 is 1.72 bits per heavy atom. The van der Waals surface area contributed by atoms with Gasteiger partial charge in [0.1, 0.15) is 5.82 Å². The van der Waals surface area contributed by atoms with Gasteiger partial charge in [-0.25, -0.2) is 4.98 Å². The number of carbonyl (C=O) groups excluding carboxylic acids is 1. The second-order valence-electron chi connectivity index (χ2n) is 6.68. The molecule has 0 fully saturated rings.